The molecule has 0 aromatic heterocycles. The Balaban J connectivity index is 2.09. The molecule has 0 bridgehead atoms. The lowest BCUT2D eigenvalue weighted by atomic mass is 9.86. The molecule has 0 radical (unpaired) electrons. The molecule has 5 heteroatoms. The number of phenolic OH excluding ortho intramolecular Hbond substituents is 2. The summed E-state index contributed by atoms with van der Waals surface area (Å²) < 4.78 is 10.3. The first-order chi connectivity index (χ1) is 10.1. The molecule has 2 aromatic carbocycles. The molecule has 0 amide bonds. The van der Waals surface area contributed by atoms with Gasteiger partial charge in [-0.1, -0.05) is 12.1 Å². The number of hydrogen-bond donors (Lipinski definition) is 2. The van der Waals surface area contributed by atoms with Gasteiger partial charge in [-0.2, -0.15) is 0 Å². The van der Waals surface area contributed by atoms with Crippen LogP contribution in [0.25, 0.3) is 0 Å². The zero-order valence-electron chi connectivity index (χ0n) is 11.4. The molecule has 0 aliphatic carbocycles. The fraction of sp³-hybridized carbons (Fsp3) is 0.188. The topological polar surface area (TPSA) is 76.0 Å². The van der Waals surface area contributed by atoms with Gasteiger partial charge in [0.25, 0.3) is 0 Å². The van der Waals surface area contributed by atoms with Crippen molar-refractivity contribution in [3.8, 4) is 23.0 Å². The van der Waals surface area contributed by atoms with Crippen LogP contribution in [0.3, 0.4) is 0 Å². The number of fused-ring (bicyclic) bond motifs is 1. The van der Waals surface area contributed by atoms with E-state index in [0.717, 1.165) is 11.1 Å². The number of carbonyl (C=O) groups excluding carboxylic acids is 1. The van der Waals surface area contributed by atoms with Crippen molar-refractivity contribution in [2.45, 2.75) is 12.3 Å². The van der Waals surface area contributed by atoms with Gasteiger partial charge < -0.3 is 19.7 Å². The Morgan fingerprint density at radius 1 is 1.19 bits per heavy atom. The third-order valence-corrected chi connectivity index (χ3v) is 3.57. The van der Waals surface area contributed by atoms with Gasteiger partial charge in [-0.3, -0.25) is 4.79 Å². The maximum atomic E-state index is 11.8. The summed E-state index contributed by atoms with van der Waals surface area (Å²) in [4.78, 5) is 11.8. The minimum Gasteiger partial charge on any atom is -0.508 e. The molecule has 0 fully saturated rings. The molecular weight excluding hydrogens is 272 g/mol. The zero-order valence-corrected chi connectivity index (χ0v) is 11.4. The molecule has 1 aliphatic heterocycles. The van der Waals surface area contributed by atoms with Gasteiger partial charge >= 0.3 is 5.97 Å². The Bertz CT molecular complexity index is 708. The lowest BCUT2D eigenvalue weighted by Gasteiger charge is -2.25. The van der Waals surface area contributed by atoms with Gasteiger partial charge in [0.05, 0.1) is 13.5 Å². The van der Waals surface area contributed by atoms with Crippen LogP contribution in [0, 0.1) is 0 Å². The van der Waals surface area contributed by atoms with Crippen LogP contribution in [0.1, 0.15) is 23.5 Å². The molecule has 3 rings (SSSR count). The van der Waals surface area contributed by atoms with E-state index in [1.807, 2.05) is 0 Å². The van der Waals surface area contributed by atoms with Crippen LogP contribution < -0.4 is 9.47 Å². The van der Waals surface area contributed by atoms with E-state index < -0.39 is 0 Å². The van der Waals surface area contributed by atoms with Gasteiger partial charge in [0, 0.05) is 17.5 Å². The fourth-order valence-corrected chi connectivity index (χ4v) is 2.55. The number of carbonyl (C=O) groups is 1. The number of ether oxygens (including phenoxy) is 2. The van der Waals surface area contributed by atoms with E-state index in [4.69, 9.17) is 9.47 Å². The highest BCUT2D eigenvalue weighted by molar-refractivity contribution is 5.78. The van der Waals surface area contributed by atoms with Gasteiger partial charge in [0.15, 0.2) is 11.5 Å². The summed E-state index contributed by atoms with van der Waals surface area (Å²) in [5.74, 6) is 0.257. The van der Waals surface area contributed by atoms with Crippen LogP contribution in [0.2, 0.25) is 0 Å². The third-order valence-electron chi connectivity index (χ3n) is 3.57. The number of esters is 1. The van der Waals surface area contributed by atoms with Crippen molar-refractivity contribution in [2.75, 3.05) is 7.11 Å². The molecule has 2 N–H and O–H groups in total. The minimum atomic E-state index is -0.356. The summed E-state index contributed by atoms with van der Waals surface area (Å²) in [5, 5.41) is 19.2. The van der Waals surface area contributed by atoms with E-state index in [0.29, 0.717) is 11.5 Å². The number of phenols is 2. The molecule has 5 nitrogen and oxygen atoms in total. The Kier molecular flexibility index (Phi) is 3.17. The SMILES string of the molecule is COc1cc([C@@H]2CC(=O)Oc3cc(O)ccc32)ccc1O. The summed E-state index contributed by atoms with van der Waals surface area (Å²) in [7, 11) is 1.47. The van der Waals surface area contributed by atoms with Crippen LogP contribution in [0.5, 0.6) is 23.0 Å². The summed E-state index contributed by atoms with van der Waals surface area (Å²) >= 11 is 0. The van der Waals surface area contributed by atoms with Gasteiger partial charge in [0.1, 0.15) is 11.5 Å². The van der Waals surface area contributed by atoms with Gasteiger partial charge in [-0.05, 0) is 23.8 Å². The third kappa shape index (κ3) is 2.38. The molecule has 21 heavy (non-hydrogen) atoms. The Morgan fingerprint density at radius 2 is 2.00 bits per heavy atom. The van der Waals surface area contributed by atoms with Crippen molar-refractivity contribution in [2.24, 2.45) is 0 Å². The standard InChI is InChI=1S/C16H14O5/c1-20-15-6-9(2-5-13(15)18)12-8-16(19)21-14-7-10(17)3-4-11(12)14/h2-7,12,17-18H,8H2,1H3/t12-/m0/s1. The summed E-state index contributed by atoms with van der Waals surface area (Å²) in [5.41, 5.74) is 1.66. The zero-order chi connectivity index (χ0) is 15.0. The second-order valence-electron chi connectivity index (χ2n) is 4.88. The smallest absolute Gasteiger partial charge is 0.312 e. The maximum absolute atomic E-state index is 11.8. The van der Waals surface area contributed by atoms with E-state index in [2.05, 4.69) is 0 Å². The molecule has 0 saturated carbocycles. The number of benzene rings is 2. The van der Waals surface area contributed by atoms with Crippen LogP contribution >= 0.6 is 0 Å². The van der Waals surface area contributed by atoms with Gasteiger partial charge in [0.2, 0.25) is 0 Å². The van der Waals surface area contributed by atoms with E-state index in [-0.39, 0.29) is 29.8 Å². The molecule has 1 heterocycles. The second-order valence-corrected chi connectivity index (χ2v) is 4.88. The quantitative estimate of drug-likeness (QED) is 0.655. The van der Waals surface area contributed by atoms with Crippen LogP contribution in [0.4, 0.5) is 0 Å². The highest BCUT2D eigenvalue weighted by Gasteiger charge is 2.29. The predicted molar refractivity (Wildman–Crippen MR) is 74.9 cm³/mol. The number of aromatic hydroxyl groups is 2. The van der Waals surface area contributed by atoms with E-state index >= 15 is 0 Å². The molecule has 0 spiro atoms. The van der Waals surface area contributed by atoms with Crippen LogP contribution in [-0.4, -0.2) is 23.3 Å². The van der Waals surface area contributed by atoms with E-state index in [9.17, 15) is 15.0 Å². The molecule has 1 aliphatic rings. The Hall–Kier alpha value is -2.69. The van der Waals surface area contributed by atoms with E-state index in [1.54, 1.807) is 24.3 Å². The maximum Gasteiger partial charge on any atom is 0.312 e. The van der Waals surface area contributed by atoms with Gasteiger partial charge in [-0.25, -0.2) is 0 Å². The lowest BCUT2D eigenvalue weighted by Crippen LogP contribution is -2.20. The van der Waals surface area contributed by atoms with E-state index in [1.165, 1.54) is 19.2 Å². The van der Waals surface area contributed by atoms with Crippen molar-refractivity contribution in [1.82, 2.24) is 0 Å². The summed E-state index contributed by atoms with van der Waals surface area (Å²) in [6.07, 6.45) is 0.200. The van der Waals surface area contributed by atoms with Crippen molar-refractivity contribution in [1.29, 1.82) is 0 Å². The van der Waals surface area contributed by atoms with Crippen molar-refractivity contribution < 1.29 is 24.5 Å². The van der Waals surface area contributed by atoms with Crippen molar-refractivity contribution in [3.63, 3.8) is 0 Å². The highest BCUT2D eigenvalue weighted by Crippen LogP contribution is 2.42. The first kappa shape index (κ1) is 13.3. The number of methoxy groups -OCH3 is 1. The predicted octanol–water partition coefficient (Wildman–Crippen LogP) is 2.55. The molecule has 2 aromatic rings. The Labute approximate surface area is 121 Å². The summed E-state index contributed by atoms with van der Waals surface area (Å²) in [6, 6.07) is 9.71. The average molecular weight is 286 g/mol. The summed E-state index contributed by atoms with van der Waals surface area (Å²) in [6.45, 7) is 0. The van der Waals surface area contributed by atoms with Crippen molar-refractivity contribution in [3.05, 3.63) is 47.5 Å². The van der Waals surface area contributed by atoms with Crippen LogP contribution in [0.15, 0.2) is 36.4 Å². The van der Waals surface area contributed by atoms with Crippen molar-refractivity contribution >= 4 is 5.97 Å². The monoisotopic (exact) mass is 286 g/mol. The normalized spacial score (nSPS) is 17.0. The second kappa shape index (κ2) is 5.01. The largest absolute Gasteiger partial charge is 0.508 e. The number of hydrogen-bond acceptors (Lipinski definition) is 5. The number of rotatable bonds is 2. The molecular formula is C16H14O5. The molecule has 0 unspecified atom stereocenters. The molecule has 108 valence electrons. The molecule has 1 atom stereocenters. The molecule has 0 saturated heterocycles. The first-order valence-electron chi connectivity index (χ1n) is 6.49. The average Bonchev–Trinajstić information content (AvgIpc) is 2.46. The Morgan fingerprint density at radius 3 is 2.76 bits per heavy atom. The minimum absolute atomic E-state index is 0.0467. The fourth-order valence-electron chi connectivity index (χ4n) is 2.55. The highest BCUT2D eigenvalue weighted by atomic mass is 16.5. The first-order valence-corrected chi connectivity index (χ1v) is 6.49. The van der Waals surface area contributed by atoms with Crippen LogP contribution in [-0.2, 0) is 4.79 Å². The van der Waals surface area contributed by atoms with Gasteiger partial charge in [-0.15, -0.1) is 0 Å². The lowest BCUT2D eigenvalue weighted by molar-refractivity contribution is -0.135.